The molecular weight excluding hydrogens is 228 g/mol. The van der Waals surface area contributed by atoms with Crippen LogP contribution in [0.25, 0.3) is 0 Å². The fraction of sp³-hybridized carbons (Fsp3) is 0.643. The molecule has 0 spiro atoms. The Balaban J connectivity index is 2.30. The fourth-order valence-corrected chi connectivity index (χ4v) is 2.43. The highest BCUT2D eigenvalue weighted by atomic mass is 32.1. The van der Waals surface area contributed by atoms with Gasteiger partial charge in [-0.05, 0) is 47.6 Å². The summed E-state index contributed by atoms with van der Waals surface area (Å²) in [5.41, 5.74) is 2.76. The Labute approximate surface area is 109 Å². The van der Waals surface area contributed by atoms with Gasteiger partial charge in [-0.3, -0.25) is 0 Å². The summed E-state index contributed by atoms with van der Waals surface area (Å²) in [6.07, 6.45) is 4.40. The first-order valence-electron chi connectivity index (χ1n) is 6.18. The van der Waals surface area contributed by atoms with E-state index in [1.54, 1.807) is 11.3 Å². The van der Waals surface area contributed by atoms with Crippen LogP contribution in [0.3, 0.4) is 0 Å². The maximum atomic E-state index is 4.48. The van der Waals surface area contributed by atoms with Crippen molar-refractivity contribution in [2.24, 2.45) is 0 Å². The molecule has 1 aromatic heterocycles. The normalized spacial score (nSPS) is 13.1. The Morgan fingerprint density at radius 1 is 1.47 bits per heavy atom. The largest absolute Gasteiger partial charge is 0.312 e. The van der Waals surface area contributed by atoms with Crippen LogP contribution in [0.5, 0.6) is 0 Å². The minimum Gasteiger partial charge on any atom is -0.312 e. The highest BCUT2D eigenvalue weighted by molar-refractivity contribution is 7.09. The van der Waals surface area contributed by atoms with Gasteiger partial charge in [-0.1, -0.05) is 11.6 Å². The van der Waals surface area contributed by atoms with Gasteiger partial charge in [0.05, 0.1) is 5.01 Å². The van der Waals surface area contributed by atoms with Crippen LogP contribution in [0.2, 0.25) is 0 Å². The number of hydrogen-bond acceptors (Lipinski definition) is 3. The molecule has 0 atom stereocenters. The predicted octanol–water partition coefficient (Wildman–Crippen LogP) is 3.72. The Hall–Kier alpha value is -0.670. The van der Waals surface area contributed by atoms with Crippen LogP contribution >= 0.6 is 11.3 Å². The molecule has 0 fully saturated rings. The van der Waals surface area contributed by atoms with E-state index in [2.05, 4.69) is 49.5 Å². The average molecular weight is 252 g/mol. The Morgan fingerprint density at radius 2 is 2.18 bits per heavy atom. The molecule has 0 unspecified atom stereocenters. The zero-order valence-corrected chi connectivity index (χ0v) is 12.4. The second-order valence-electron chi connectivity index (χ2n) is 5.58. The van der Waals surface area contributed by atoms with Crippen LogP contribution in [0.1, 0.15) is 44.8 Å². The molecule has 0 radical (unpaired) electrons. The van der Waals surface area contributed by atoms with E-state index in [1.807, 2.05) is 6.92 Å². The predicted molar refractivity (Wildman–Crippen MR) is 76.7 cm³/mol. The lowest BCUT2D eigenvalue weighted by Crippen LogP contribution is -2.36. The number of hydrogen-bond donors (Lipinski definition) is 1. The Bertz CT molecular complexity index is 372. The topological polar surface area (TPSA) is 24.9 Å². The molecular formula is C14H24N2S. The van der Waals surface area contributed by atoms with E-state index in [-0.39, 0.29) is 5.54 Å². The third-order valence-electron chi connectivity index (χ3n) is 2.39. The molecule has 0 aliphatic rings. The second-order valence-corrected chi connectivity index (χ2v) is 6.52. The van der Waals surface area contributed by atoms with E-state index in [9.17, 15) is 0 Å². The first kappa shape index (κ1) is 14.4. The van der Waals surface area contributed by atoms with Crippen LogP contribution < -0.4 is 5.32 Å². The molecule has 2 nitrogen and oxygen atoms in total. The lowest BCUT2D eigenvalue weighted by Gasteiger charge is -2.19. The quantitative estimate of drug-likeness (QED) is 0.638. The molecule has 17 heavy (non-hydrogen) atoms. The molecule has 0 saturated carbocycles. The summed E-state index contributed by atoms with van der Waals surface area (Å²) >= 11 is 1.75. The Kier molecular flexibility index (Phi) is 5.34. The molecule has 0 saturated heterocycles. The minimum absolute atomic E-state index is 0.216. The van der Waals surface area contributed by atoms with E-state index < -0.39 is 0 Å². The summed E-state index contributed by atoms with van der Waals surface area (Å²) < 4.78 is 0. The minimum atomic E-state index is 0.216. The third kappa shape index (κ3) is 6.59. The van der Waals surface area contributed by atoms with Gasteiger partial charge in [-0.2, -0.15) is 0 Å². The molecule has 1 N–H and O–H groups in total. The smallest absolute Gasteiger partial charge is 0.0968 e. The van der Waals surface area contributed by atoms with Gasteiger partial charge in [0.1, 0.15) is 0 Å². The van der Waals surface area contributed by atoms with Gasteiger partial charge in [-0.15, -0.1) is 11.3 Å². The van der Waals surface area contributed by atoms with Crippen molar-refractivity contribution >= 4 is 11.3 Å². The van der Waals surface area contributed by atoms with Gasteiger partial charge in [0, 0.05) is 23.0 Å². The summed E-state index contributed by atoms with van der Waals surface area (Å²) in [4.78, 5) is 4.48. The number of allylic oxidation sites excluding steroid dienone is 1. The first-order chi connectivity index (χ1) is 7.87. The van der Waals surface area contributed by atoms with Crippen LogP contribution in [0.15, 0.2) is 17.0 Å². The number of thiazole rings is 1. The highest BCUT2D eigenvalue weighted by Crippen LogP contribution is 2.13. The maximum absolute atomic E-state index is 4.48. The molecule has 0 aromatic carbocycles. The van der Waals surface area contributed by atoms with Gasteiger partial charge < -0.3 is 5.32 Å². The molecule has 0 bridgehead atoms. The van der Waals surface area contributed by atoms with Crippen molar-refractivity contribution in [2.45, 2.75) is 53.0 Å². The monoisotopic (exact) mass is 252 g/mol. The van der Waals surface area contributed by atoms with Crippen molar-refractivity contribution in [3.05, 3.63) is 27.7 Å². The van der Waals surface area contributed by atoms with Crippen LogP contribution in [0.4, 0.5) is 0 Å². The molecule has 0 aliphatic carbocycles. The SMILES string of the molecule is CC(=CCCNC(C)(C)C)Cc1nc(C)cs1. The molecule has 1 heterocycles. The van der Waals surface area contributed by atoms with E-state index in [1.165, 1.54) is 10.6 Å². The van der Waals surface area contributed by atoms with Crippen molar-refractivity contribution in [3.63, 3.8) is 0 Å². The molecule has 1 rings (SSSR count). The summed E-state index contributed by atoms with van der Waals surface area (Å²) in [6, 6.07) is 0. The van der Waals surface area contributed by atoms with Crippen molar-refractivity contribution in [1.29, 1.82) is 0 Å². The number of aromatic nitrogens is 1. The molecule has 0 aliphatic heterocycles. The summed E-state index contributed by atoms with van der Waals surface area (Å²) in [7, 11) is 0. The van der Waals surface area contributed by atoms with E-state index in [0.717, 1.165) is 25.1 Å². The number of nitrogens with zero attached hydrogens (tertiary/aromatic N) is 1. The standard InChI is InChI=1S/C14H24N2S/c1-11(7-6-8-15-14(3,4)5)9-13-16-12(2)10-17-13/h7,10,15H,6,8-9H2,1-5H3. The van der Waals surface area contributed by atoms with Gasteiger partial charge in [0.15, 0.2) is 0 Å². The van der Waals surface area contributed by atoms with Crippen LogP contribution in [-0.4, -0.2) is 17.1 Å². The van der Waals surface area contributed by atoms with Crippen molar-refractivity contribution < 1.29 is 0 Å². The molecule has 96 valence electrons. The number of nitrogens with one attached hydrogen (secondary N) is 1. The zero-order chi connectivity index (χ0) is 12.9. The van der Waals surface area contributed by atoms with Gasteiger partial charge in [0.25, 0.3) is 0 Å². The fourth-order valence-electron chi connectivity index (χ4n) is 1.56. The summed E-state index contributed by atoms with van der Waals surface area (Å²) in [5.74, 6) is 0. The van der Waals surface area contributed by atoms with Crippen molar-refractivity contribution in [1.82, 2.24) is 10.3 Å². The van der Waals surface area contributed by atoms with Gasteiger partial charge in [-0.25, -0.2) is 4.98 Å². The van der Waals surface area contributed by atoms with E-state index >= 15 is 0 Å². The lowest BCUT2D eigenvalue weighted by molar-refractivity contribution is 0.431. The maximum Gasteiger partial charge on any atom is 0.0968 e. The summed E-state index contributed by atoms with van der Waals surface area (Å²) in [6.45, 7) is 11.9. The number of rotatable bonds is 5. The second kappa shape index (κ2) is 6.31. The third-order valence-corrected chi connectivity index (χ3v) is 3.36. The summed E-state index contributed by atoms with van der Waals surface area (Å²) in [5, 5.41) is 6.82. The lowest BCUT2D eigenvalue weighted by atomic mass is 10.1. The first-order valence-corrected chi connectivity index (χ1v) is 7.06. The molecule has 3 heteroatoms. The van der Waals surface area contributed by atoms with E-state index in [0.29, 0.717) is 0 Å². The highest BCUT2D eigenvalue weighted by Gasteiger charge is 2.06. The van der Waals surface area contributed by atoms with Crippen LogP contribution in [0, 0.1) is 6.92 Å². The zero-order valence-electron chi connectivity index (χ0n) is 11.6. The van der Waals surface area contributed by atoms with Gasteiger partial charge in [0.2, 0.25) is 0 Å². The van der Waals surface area contributed by atoms with Gasteiger partial charge >= 0.3 is 0 Å². The van der Waals surface area contributed by atoms with Crippen molar-refractivity contribution in [3.8, 4) is 0 Å². The number of aryl methyl sites for hydroxylation is 1. The van der Waals surface area contributed by atoms with Crippen LogP contribution in [-0.2, 0) is 6.42 Å². The molecule has 1 aromatic rings. The van der Waals surface area contributed by atoms with Crippen molar-refractivity contribution in [2.75, 3.05) is 6.54 Å². The molecule has 0 amide bonds. The Morgan fingerprint density at radius 3 is 2.71 bits per heavy atom. The van der Waals surface area contributed by atoms with E-state index in [4.69, 9.17) is 0 Å². The average Bonchev–Trinajstić information content (AvgIpc) is 2.57.